The van der Waals surface area contributed by atoms with E-state index in [2.05, 4.69) is 4.72 Å². The molecule has 132 valence electrons. The second kappa shape index (κ2) is 8.97. The Morgan fingerprint density at radius 2 is 1.80 bits per heavy atom. The predicted octanol–water partition coefficient (Wildman–Crippen LogP) is 2.36. The highest BCUT2D eigenvalue weighted by molar-refractivity contribution is 7.92. The number of hydroxylamine groups is 1. The summed E-state index contributed by atoms with van der Waals surface area (Å²) in [6.07, 6.45) is 2.74. The van der Waals surface area contributed by atoms with E-state index in [1.807, 2.05) is 0 Å². The van der Waals surface area contributed by atoms with E-state index in [0.717, 1.165) is 5.56 Å². The topological polar surface area (TPSA) is 103 Å². The standard InChI is InChI=1S/C17H18N2O5S/c1-23-15-9-8-14(11-16(15)24-2)25(22)19-13-6-3-12(4-7-13)5-10-17(20)18-21/h3-11,19,21H,1-2H3,(H,18,20)/b10-5+. The van der Waals surface area contributed by atoms with E-state index in [-0.39, 0.29) is 0 Å². The van der Waals surface area contributed by atoms with Crippen molar-refractivity contribution in [2.45, 2.75) is 4.90 Å². The van der Waals surface area contributed by atoms with Gasteiger partial charge in [-0.15, -0.1) is 0 Å². The molecule has 1 unspecified atom stereocenters. The highest BCUT2D eigenvalue weighted by Crippen LogP contribution is 2.30. The molecule has 7 nitrogen and oxygen atoms in total. The maximum absolute atomic E-state index is 12.4. The first-order valence-electron chi connectivity index (χ1n) is 7.20. The molecule has 0 aromatic heterocycles. The molecule has 0 fully saturated rings. The van der Waals surface area contributed by atoms with Crippen LogP contribution in [-0.4, -0.2) is 29.9 Å². The summed E-state index contributed by atoms with van der Waals surface area (Å²) >= 11 is -1.48. The zero-order valence-corrected chi connectivity index (χ0v) is 14.5. The molecule has 0 aliphatic carbocycles. The lowest BCUT2D eigenvalue weighted by Crippen LogP contribution is -2.14. The molecule has 25 heavy (non-hydrogen) atoms. The summed E-state index contributed by atoms with van der Waals surface area (Å²) in [5, 5.41) is 8.42. The van der Waals surface area contributed by atoms with E-state index < -0.39 is 17.3 Å². The Kier molecular flexibility index (Phi) is 6.70. The summed E-state index contributed by atoms with van der Waals surface area (Å²) in [5.41, 5.74) is 2.92. The number of amides is 1. The van der Waals surface area contributed by atoms with E-state index in [9.17, 15) is 9.35 Å². The van der Waals surface area contributed by atoms with Gasteiger partial charge in [0.2, 0.25) is 0 Å². The number of carbonyl (C=O) groups excluding carboxylic acids is 1. The summed E-state index contributed by atoms with van der Waals surface area (Å²) in [6, 6.07) is 12.0. The second-order valence-electron chi connectivity index (χ2n) is 4.82. The third-order valence-electron chi connectivity index (χ3n) is 3.23. The minimum absolute atomic E-state index is 0.498. The third kappa shape index (κ3) is 5.15. The van der Waals surface area contributed by atoms with Crippen LogP contribution in [0.15, 0.2) is 53.4 Å². The van der Waals surface area contributed by atoms with Gasteiger partial charge in [-0.2, -0.15) is 0 Å². The van der Waals surface area contributed by atoms with Crippen LogP contribution in [0.5, 0.6) is 11.5 Å². The average Bonchev–Trinajstić information content (AvgIpc) is 2.66. The fourth-order valence-corrected chi connectivity index (χ4v) is 2.84. The van der Waals surface area contributed by atoms with Crippen molar-refractivity contribution < 1.29 is 24.0 Å². The fourth-order valence-electron chi connectivity index (χ4n) is 1.97. The number of methoxy groups -OCH3 is 2. The van der Waals surface area contributed by atoms with Gasteiger partial charge in [-0.3, -0.25) is 10.0 Å². The number of carbonyl (C=O) groups is 1. The van der Waals surface area contributed by atoms with Gasteiger partial charge in [0, 0.05) is 12.1 Å². The molecule has 0 heterocycles. The molecule has 0 saturated heterocycles. The van der Waals surface area contributed by atoms with Crippen LogP contribution in [0.25, 0.3) is 6.08 Å². The molecular weight excluding hydrogens is 344 g/mol. The van der Waals surface area contributed by atoms with Crippen molar-refractivity contribution in [2.24, 2.45) is 0 Å². The van der Waals surface area contributed by atoms with Gasteiger partial charge in [-0.05, 0) is 35.9 Å². The molecule has 0 saturated carbocycles. The monoisotopic (exact) mass is 362 g/mol. The first-order chi connectivity index (χ1) is 12.1. The SMILES string of the molecule is COc1ccc([S+]([O-])Nc2ccc(/C=C/C(=O)NO)cc2)cc1OC. The number of nitrogens with one attached hydrogen (secondary N) is 2. The zero-order chi connectivity index (χ0) is 18.2. The lowest BCUT2D eigenvalue weighted by Gasteiger charge is -2.13. The number of hydrogen-bond donors (Lipinski definition) is 3. The first kappa shape index (κ1) is 18.7. The first-order valence-corrected chi connectivity index (χ1v) is 8.35. The minimum Gasteiger partial charge on any atom is -0.588 e. The molecule has 8 heteroatoms. The van der Waals surface area contributed by atoms with Crippen molar-refractivity contribution in [1.82, 2.24) is 5.48 Å². The van der Waals surface area contributed by atoms with Gasteiger partial charge in [0.15, 0.2) is 16.4 Å². The van der Waals surface area contributed by atoms with E-state index >= 15 is 0 Å². The molecule has 2 rings (SSSR count). The normalized spacial score (nSPS) is 11.8. The molecule has 1 amide bonds. The van der Waals surface area contributed by atoms with Gasteiger partial charge in [-0.1, -0.05) is 12.1 Å². The maximum atomic E-state index is 12.4. The minimum atomic E-state index is -1.48. The highest BCUT2D eigenvalue weighted by atomic mass is 32.2. The molecule has 3 N–H and O–H groups in total. The van der Waals surface area contributed by atoms with E-state index in [0.29, 0.717) is 22.1 Å². The Hall–Kier alpha value is -2.68. The second-order valence-corrected chi connectivity index (χ2v) is 6.03. The van der Waals surface area contributed by atoms with Gasteiger partial charge in [0.25, 0.3) is 5.91 Å². The molecule has 0 radical (unpaired) electrons. The Labute approximate surface area is 148 Å². The van der Waals surface area contributed by atoms with Crippen molar-refractivity contribution in [1.29, 1.82) is 0 Å². The lowest BCUT2D eigenvalue weighted by molar-refractivity contribution is -0.124. The highest BCUT2D eigenvalue weighted by Gasteiger charge is 2.15. The average molecular weight is 362 g/mol. The van der Waals surface area contributed by atoms with Crippen LogP contribution < -0.4 is 19.7 Å². The van der Waals surface area contributed by atoms with Crippen LogP contribution in [0, 0.1) is 0 Å². The fraction of sp³-hybridized carbons (Fsp3) is 0.118. The quantitative estimate of drug-likeness (QED) is 0.302. The van der Waals surface area contributed by atoms with Gasteiger partial charge < -0.3 is 14.0 Å². The summed E-state index contributed by atoms with van der Waals surface area (Å²) < 4.78 is 25.7. The van der Waals surface area contributed by atoms with Crippen molar-refractivity contribution in [2.75, 3.05) is 18.9 Å². The van der Waals surface area contributed by atoms with E-state index in [1.54, 1.807) is 48.5 Å². The summed E-state index contributed by atoms with van der Waals surface area (Å²) in [7, 11) is 3.05. The molecule has 1 atom stereocenters. The zero-order valence-electron chi connectivity index (χ0n) is 13.7. The Morgan fingerprint density at radius 3 is 2.40 bits per heavy atom. The van der Waals surface area contributed by atoms with Crippen molar-refractivity contribution in [3.63, 3.8) is 0 Å². The van der Waals surface area contributed by atoms with Crippen LogP contribution in [0.3, 0.4) is 0 Å². The predicted molar refractivity (Wildman–Crippen MR) is 95.0 cm³/mol. The number of rotatable bonds is 7. The van der Waals surface area contributed by atoms with Crippen molar-refractivity contribution >= 4 is 29.0 Å². The number of benzene rings is 2. The van der Waals surface area contributed by atoms with Crippen molar-refractivity contribution in [3.05, 3.63) is 54.1 Å². The van der Waals surface area contributed by atoms with Crippen LogP contribution in [0.4, 0.5) is 5.69 Å². The van der Waals surface area contributed by atoms with Gasteiger partial charge >= 0.3 is 0 Å². The van der Waals surface area contributed by atoms with Crippen LogP contribution in [0.2, 0.25) is 0 Å². The van der Waals surface area contributed by atoms with Crippen LogP contribution in [0.1, 0.15) is 5.56 Å². The number of hydrogen-bond acceptors (Lipinski definition) is 6. The summed E-state index contributed by atoms with van der Waals surface area (Å²) in [6.45, 7) is 0. The van der Waals surface area contributed by atoms with Crippen LogP contribution >= 0.6 is 0 Å². The smallest absolute Gasteiger partial charge is 0.267 e. The van der Waals surface area contributed by atoms with E-state index in [4.69, 9.17) is 14.7 Å². The Balaban J connectivity index is 2.06. The van der Waals surface area contributed by atoms with E-state index in [1.165, 1.54) is 25.8 Å². The molecular formula is C17H18N2O5S. The van der Waals surface area contributed by atoms with Crippen molar-refractivity contribution in [3.8, 4) is 11.5 Å². The van der Waals surface area contributed by atoms with Crippen LogP contribution in [-0.2, 0) is 16.2 Å². The Morgan fingerprint density at radius 1 is 1.12 bits per heavy atom. The third-order valence-corrected chi connectivity index (χ3v) is 4.33. The maximum Gasteiger partial charge on any atom is 0.267 e. The number of anilines is 1. The number of ether oxygens (including phenoxy) is 2. The Bertz CT molecular complexity index is 749. The van der Waals surface area contributed by atoms with Gasteiger partial charge in [-0.25, -0.2) is 10.2 Å². The summed E-state index contributed by atoms with van der Waals surface area (Å²) in [5.74, 6) is 0.445. The lowest BCUT2D eigenvalue weighted by atomic mass is 10.2. The summed E-state index contributed by atoms with van der Waals surface area (Å²) in [4.78, 5) is 11.5. The largest absolute Gasteiger partial charge is 0.588 e. The molecule has 0 aliphatic rings. The molecule has 2 aromatic rings. The van der Waals surface area contributed by atoms with Gasteiger partial charge in [0.1, 0.15) is 11.4 Å². The molecule has 0 spiro atoms. The molecule has 2 aromatic carbocycles. The van der Waals surface area contributed by atoms with Gasteiger partial charge in [0.05, 0.1) is 19.9 Å². The molecule has 0 aliphatic heterocycles. The molecule has 0 bridgehead atoms.